The monoisotopic (exact) mass is 984 g/mol. The zero-order valence-corrected chi connectivity index (χ0v) is 40.1. The predicted molar refractivity (Wildman–Crippen MR) is 240 cm³/mol. The standard InChI is InChI=1S/C47H63ClF6N8O6/c1-27(2)18-34-41(65)61(6)37(20-29-19-31(48)15-16-33(29)30-22-55-59(4)23-30)42(66)58(3)17-11-9-7-8-10-12-35(39(63)56-34)60(5)43(67)38(28-13-14-28)57-40(64)36-21-32(49)24-62(36)44(68)45(47(52,53)54)25-46(50,51)26-45/h15-16,19,22-23,27-28,32,34-38H,7-14,17-18,20-21,24-26H2,1-6H3,(H,56,63)(H,57,64)/t32-,34+,35+,36+,37+,38+/m1/s1. The van der Waals surface area contributed by atoms with Crippen LogP contribution in [0.5, 0.6) is 0 Å². The summed E-state index contributed by atoms with van der Waals surface area (Å²) in [5, 5.41) is 10.2. The Morgan fingerprint density at radius 3 is 2.25 bits per heavy atom. The molecule has 21 heteroatoms. The summed E-state index contributed by atoms with van der Waals surface area (Å²) in [4.78, 5) is 90.0. The summed E-state index contributed by atoms with van der Waals surface area (Å²) in [6.45, 7) is 3.23. The number of rotatable bonds is 11. The lowest BCUT2D eigenvalue weighted by Crippen LogP contribution is -2.65. The summed E-state index contributed by atoms with van der Waals surface area (Å²) in [5.41, 5.74) is -1.25. The number of aryl methyl sites for hydroxylation is 1. The number of aromatic nitrogens is 2. The van der Waals surface area contributed by atoms with E-state index in [1.807, 2.05) is 26.1 Å². The molecule has 376 valence electrons. The van der Waals surface area contributed by atoms with E-state index in [1.54, 1.807) is 42.0 Å². The van der Waals surface area contributed by atoms with Crippen LogP contribution in [0.1, 0.15) is 96.5 Å². The van der Waals surface area contributed by atoms with Gasteiger partial charge in [0.1, 0.15) is 36.4 Å². The lowest BCUT2D eigenvalue weighted by Gasteiger charge is -2.48. The number of amides is 6. The summed E-state index contributed by atoms with van der Waals surface area (Å²) in [6, 6.07) is -1.19. The van der Waals surface area contributed by atoms with Crippen molar-refractivity contribution in [1.29, 1.82) is 0 Å². The average Bonchev–Trinajstić information content (AvgIpc) is 3.89. The van der Waals surface area contributed by atoms with E-state index in [1.165, 1.54) is 23.9 Å². The molecule has 0 unspecified atom stereocenters. The zero-order valence-electron chi connectivity index (χ0n) is 39.4. The molecule has 3 heterocycles. The van der Waals surface area contributed by atoms with Crippen molar-refractivity contribution in [3.8, 4) is 11.1 Å². The number of benzene rings is 1. The summed E-state index contributed by atoms with van der Waals surface area (Å²) >= 11 is 6.51. The molecule has 2 aliphatic carbocycles. The van der Waals surface area contributed by atoms with Crippen LogP contribution in [0, 0.1) is 17.3 Å². The van der Waals surface area contributed by atoms with Crippen LogP contribution in [0.15, 0.2) is 30.6 Å². The van der Waals surface area contributed by atoms with Gasteiger partial charge in [0, 0.05) is 77.2 Å². The first-order valence-electron chi connectivity index (χ1n) is 23.4. The highest BCUT2D eigenvalue weighted by Gasteiger charge is 2.75. The number of hydrogen-bond donors (Lipinski definition) is 2. The molecule has 0 bridgehead atoms. The Kier molecular flexibility index (Phi) is 16.2. The van der Waals surface area contributed by atoms with E-state index in [9.17, 15) is 55.1 Å². The number of likely N-dealkylation sites (tertiary alicyclic amines) is 1. The van der Waals surface area contributed by atoms with E-state index in [0.29, 0.717) is 54.1 Å². The highest BCUT2D eigenvalue weighted by Crippen LogP contribution is 2.61. The third-order valence-corrected chi connectivity index (χ3v) is 14.2. The van der Waals surface area contributed by atoms with Crippen LogP contribution in [-0.2, 0) is 42.2 Å². The third-order valence-electron chi connectivity index (χ3n) is 13.9. The fourth-order valence-corrected chi connectivity index (χ4v) is 10.1. The fourth-order valence-electron chi connectivity index (χ4n) is 9.88. The van der Waals surface area contributed by atoms with Gasteiger partial charge in [0.05, 0.1) is 12.7 Å². The van der Waals surface area contributed by atoms with Crippen LogP contribution in [-0.4, -0.2) is 148 Å². The van der Waals surface area contributed by atoms with Crippen LogP contribution >= 0.6 is 11.6 Å². The molecule has 2 aliphatic heterocycles. The van der Waals surface area contributed by atoms with Crippen LogP contribution in [0.3, 0.4) is 0 Å². The number of carbonyl (C=O) groups is 6. The van der Waals surface area contributed by atoms with Crippen molar-refractivity contribution < 1.29 is 55.1 Å². The largest absolute Gasteiger partial charge is 0.403 e. The van der Waals surface area contributed by atoms with E-state index in [-0.39, 0.29) is 31.1 Å². The van der Waals surface area contributed by atoms with Gasteiger partial charge < -0.3 is 30.2 Å². The van der Waals surface area contributed by atoms with Crippen molar-refractivity contribution >= 4 is 47.0 Å². The van der Waals surface area contributed by atoms with Gasteiger partial charge in [-0.15, -0.1) is 0 Å². The van der Waals surface area contributed by atoms with Gasteiger partial charge in [-0.25, -0.2) is 13.2 Å². The van der Waals surface area contributed by atoms with Crippen molar-refractivity contribution in [1.82, 2.24) is 40.0 Å². The quantitative estimate of drug-likeness (QED) is 0.258. The summed E-state index contributed by atoms with van der Waals surface area (Å²) < 4.78 is 87.0. The topological polar surface area (TPSA) is 157 Å². The number of likely N-dealkylation sites (N-methyl/N-ethyl adjacent to an activating group) is 3. The maximum atomic E-state index is 14.9. The molecule has 6 atom stereocenters. The van der Waals surface area contributed by atoms with Gasteiger partial charge in [-0.2, -0.15) is 18.3 Å². The summed E-state index contributed by atoms with van der Waals surface area (Å²) in [5.74, 6) is -9.56. The smallest absolute Gasteiger partial charge is 0.344 e. The van der Waals surface area contributed by atoms with E-state index < -0.39 is 115 Å². The van der Waals surface area contributed by atoms with Gasteiger partial charge in [-0.3, -0.25) is 33.4 Å². The van der Waals surface area contributed by atoms with E-state index >= 15 is 0 Å². The van der Waals surface area contributed by atoms with Gasteiger partial charge >= 0.3 is 6.18 Å². The number of nitrogens with one attached hydrogen (secondary N) is 2. The fraction of sp³-hybridized carbons (Fsp3) is 0.681. The molecule has 4 aliphatic rings. The van der Waals surface area contributed by atoms with Gasteiger partial charge in [0.25, 0.3) is 5.92 Å². The highest BCUT2D eigenvalue weighted by molar-refractivity contribution is 6.30. The lowest BCUT2D eigenvalue weighted by molar-refractivity contribution is -0.299. The second kappa shape index (κ2) is 21.0. The van der Waals surface area contributed by atoms with Crippen molar-refractivity contribution in [2.45, 2.75) is 146 Å². The molecule has 2 N–H and O–H groups in total. The van der Waals surface area contributed by atoms with Gasteiger partial charge in [0.15, 0.2) is 5.41 Å². The zero-order chi connectivity index (χ0) is 50.0. The molecular weight excluding hydrogens is 922 g/mol. The number of nitrogens with zero attached hydrogens (tertiary/aromatic N) is 6. The Balaban J connectivity index is 1.25. The summed E-state index contributed by atoms with van der Waals surface area (Å²) in [7, 11) is 6.36. The molecule has 0 spiro atoms. The van der Waals surface area contributed by atoms with Crippen LogP contribution < -0.4 is 10.6 Å². The van der Waals surface area contributed by atoms with E-state index in [0.717, 1.165) is 24.0 Å². The molecule has 14 nitrogen and oxygen atoms in total. The third kappa shape index (κ3) is 11.7. The number of halogens is 7. The lowest BCUT2D eigenvalue weighted by atomic mass is 9.64. The Morgan fingerprint density at radius 2 is 1.65 bits per heavy atom. The van der Waals surface area contributed by atoms with Crippen LogP contribution in [0.4, 0.5) is 26.3 Å². The van der Waals surface area contributed by atoms with E-state index in [4.69, 9.17) is 11.6 Å². The molecule has 0 radical (unpaired) electrons. The van der Waals surface area contributed by atoms with Gasteiger partial charge in [0.2, 0.25) is 35.4 Å². The molecule has 2 aromatic rings. The minimum Gasteiger partial charge on any atom is -0.344 e. The molecular formula is C47H63ClF6N8O6. The maximum absolute atomic E-state index is 14.9. The van der Waals surface area contributed by atoms with Crippen molar-refractivity contribution in [3.63, 3.8) is 0 Å². The average molecular weight is 986 g/mol. The molecule has 4 fully saturated rings. The second-order valence-electron chi connectivity index (χ2n) is 19.8. The molecule has 2 saturated carbocycles. The first-order chi connectivity index (χ1) is 31.8. The first-order valence-corrected chi connectivity index (χ1v) is 23.8. The van der Waals surface area contributed by atoms with Crippen molar-refractivity contribution in [2.24, 2.45) is 24.3 Å². The Morgan fingerprint density at radius 1 is 0.985 bits per heavy atom. The number of hydrogen-bond acceptors (Lipinski definition) is 7. The SMILES string of the molecule is CC(C)C[C@@H]1NC(=O)[C@@H](N(C)C(=O)[C@@H](NC(=O)[C@@H]2C[C@@H](F)CN2C(=O)C2(C(F)(F)F)CC(F)(F)C2)C2CC2)CCCCCCCN(C)C(=O)[C@H](Cc2cc(Cl)ccc2-c2cnn(C)c2)N(C)C1=O. The Hall–Kier alpha value is -4.88. The van der Waals surface area contributed by atoms with E-state index in [2.05, 4.69) is 15.7 Å². The normalized spacial score (nSPS) is 25.8. The van der Waals surface area contributed by atoms with Gasteiger partial charge in [-0.05, 0) is 67.2 Å². The second-order valence-corrected chi connectivity index (χ2v) is 20.2. The maximum Gasteiger partial charge on any atom is 0.403 e. The predicted octanol–water partition coefficient (Wildman–Crippen LogP) is 6.09. The Labute approximate surface area is 397 Å². The first kappa shape index (κ1) is 52.5. The molecule has 68 heavy (non-hydrogen) atoms. The summed E-state index contributed by atoms with van der Waals surface area (Å²) in [6.07, 6.45) is -3.61. The number of alkyl halides is 6. The van der Waals surface area contributed by atoms with Crippen LogP contribution in [0.2, 0.25) is 5.02 Å². The van der Waals surface area contributed by atoms with Crippen molar-refractivity contribution in [3.05, 3.63) is 41.2 Å². The molecule has 2 saturated heterocycles. The van der Waals surface area contributed by atoms with Gasteiger partial charge in [-0.1, -0.05) is 57.2 Å². The Bertz CT molecular complexity index is 2200. The molecule has 1 aromatic carbocycles. The molecule has 6 rings (SSSR count). The highest BCUT2D eigenvalue weighted by atomic mass is 35.5. The molecule has 1 aromatic heterocycles. The minimum absolute atomic E-state index is 0.0740. The number of carbonyl (C=O) groups excluding carboxylic acids is 6. The molecule has 6 amide bonds. The minimum atomic E-state index is -5.40. The van der Waals surface area contributed by atoms with Crippen molar-refractivity contribution in [2.75, 3.05) is 34.2 Å². The van der Waals surface area contributed by atoms with Crippen LogP contribution in [0.25, 0.3) is 11.1 Å².